The number of hydrogen-bond acceptors (Lipinski definition) is 2. The molecule has 3 nitrogen and oxygen atoms in total. The third-order valence-electron chi connectivity index (χ3n) is 2.63. The first kappa shape index (κ1) is 10.0. The summed E-state index contributed by atoms with van der Waals surface area (Å²) in [5.41, 5.74) is 3.50. The van der Waals surface area contributed by atoms with Crippen LogP contribution in [-0.2, 0) is 16.0 Å². The van der Waals surface area contributed by atoms with Crippen LogP contribution in [0.5, 0.6) is 0 Å². The fraction of sp³-hybridized carbons (Fsp3) is 0.417. The summed E-state index contributed by atoms with van der Waals surface area (Å²) in [7, 11) is 0. The zero-order valence-corrected chi connectivity index (χ0v) is 8.88. The normalized spacial score (nSPS) is 17.5. The van der Waals surface area contributed by atoms with Gasteiger partial charge in [-0.2, -0.15) is 0 Å². The van der Waals surface area contributed by atoms with Gasteiger partial charge in [0.2, 0.25) is 0 Å². The van der Waals surface area contributed by atoms with Crippen molar-refractivity contribution in [3.8, 4) is 0 Å². The van der Waals surface area contributed by atoms with Crippen molar-refractivity contribution in [3.63, 3.8) is 0 Å². The number of aromatic nitrogens is 1. The summed E-state index contributed by atoms with van der Waals surface area (Å²) in [6, 6.07) is 2.03. The summed E-state index contributed by atoms with van der Waals surface area (Å²) in [6.45, 7) is 2.25. The molecule has 1 aliphatic rings. The van der Waals surface area contributed by atoms with Crippen molar-refractivity contribution in [2.45, 2.75) is 26.2 Å². The minimum atomic E-state index is -0.235. The number of ether oxygens (including phenoxy) is 1. The van der Waals surface area contributed by atoms with E-state index in [0.29, 0.717) is 6.61 Å². The molecule has 1 N–H and O–H groups in total. The van der Waals surface area contributed by atoms with E-state index in [-0.39, 0.29) is 5.97 Å². The van der Waals surface area contributed by atoms with Gasteiger partial charge in [-0.05, 0) is 43.4 Å². The molecule has 0 saturated carbocycles. The Morgan fingerprint density at radius 1 is 1.60 bits per heavy atom. The maximum Gasteiger partial charge on any atom is 0.331 e. The molecule has 1 heterocycles. The van der Waals surface area contributed by atoms with Gasteiger partial charge in [0.25, 0.3) is 0 Å². The summed E-state index contributed by atoms with van der Waals surface area (Å²) in [5, 5.41) is 0. The Morgan fingerprint density at radius 2 is 2.47 bits per heavy atom. The van der Waals surface area contributed by atoms with Gasteiger partial charge in [0.1, 0.15) is 0 Å². The summed E-state index contributed by atoms with van der Waals surface area (Å²) in [4.78, 5) is 14.5. The fourth-order valence-corrected chi connectivity index (χ4v) is 1.98. The number of rotatable bonds is 2. The van der Waals surface area contributed by atoms with Gasteiger partial charge in [-0.1, -0.05) is 0 Å². The molecule has 0 spiro atoms. The molecular weight excluding hydrogens is 190 g/mol. The predicted octanol–water partition coefficient (Wildman–Crippen LogP) is 2.30. The largest absolute Gasteiger partial charge is 0.463 e. The minimum Gasteiger partial charge on any atom is -0.463 e. The third-order valence-corrected chi connectivity index (χ3v) is 2.63. The lowest BCUT2D eigenvalue weighted by Gasteiger charge is -2.14. The average Bonchev–Trinajstić information content (AvgIpc) is 2.67. The quantitative estimate of drug-likeness (QED) is 0.594. The number of fused-ring (bicyclic) bond motifs is 1. The second-order valence-corrected chi connectivity index (χ2v) is 3.65. The van der Waals surface area contributed by atoms with Crippen LogP contribution in [0.4, 0.5) is 0 Å². The fourth-order valence-electron chi connectivity index (χ4n) is 1.98. The molecule has 15 heavy (non-hydrogen) atoms. The van der Waals surface area contributed by atoms with Crippen molar-refractivity contribution in [1.29, 1.82) is 0 Å². The van der Waals surface area contributed by atoms with Crippen molar-refractivity contribution in [1.82, 2.24) is 4.98 Å². The molecule has 0 saturated heterocycles. The van der Waals surface area contributed by atoms with Crippen LogP contribution in [0.2, 0.25) is 0 Å². The Bertz CT molecular complexity index is 390. The molecule has 0 atom stereocenters. The zero-order chi connectivity index (χ0) is 10.7. The maximum atomic E-state index is 11.3. The zero-order valence-electron chi connectivity index (χ0n) is 8.88. The Labute approximate surface area is 89.1 Å². The SMILES string of the molecule is CCOC(=O)/C=C1/CCCc2[nH]ccc21. The molecule has 0 amide bonds. The van der Waals surface area contributed by atoms with Crippen molar-refractivity contribution in [2.24, 2.45) is 0 Å². The monoisotopic (exact) mass is 205 g/mol. The Hall–Kier alpha value is -1.51. The molecule has 80 valence electrons. The molecule has 1 aromatic heterocycles. The van der Waals surface area contributed by atoms with E-state index in [1.165, 1.54) is 11.3 Å². The molecule has 0 aromatic carbocycles. The van der Waals surface area contributed by atoms with E-state index in [9.17, 15) is 4.79 Å². The highest BCUT2D eigenvalue weighted by atomic mass is 16.5. The van der Waals surface area contributed by atoms with Crippen LogP contribution in [0.1, 0.15) is 31.0 Å². The van der Waals surface area contributed by atoms with Crippen LogP contribution in [0.25, 0.3) is 5.57 Å². The Kier molecular flexibility index (Phi) is 2.90. The first-order valence-electron chi connectivity index (χ1n) is 5.35. The molecule has 1 aliphatic carbocycles. The molecule has 0 fully saturated rings. The highest BCUT2D eigenvalue weighted by molar-refractivity contribution is 5.92. The lowest BCUT2D eigenvalue weighted by atomic mass is 9.92. The van der Waals surface area contributed by atoms with Gasteiger partial charge in [0.15, 0.2) is 0 Å². The number of nitrogens with one attached hydrogen (secondary N) is 1. The van der Waals surface area contributed by atoms with E-state index < -0.39 is 0 Å². The molecule has 0 radical (unpaired) electrons. The maximum absolute atomic E-state index is 11.3. The molecule has 3 heteroatoms. The first-order chi connectivity index (χ1) is 7.31. The number of carbonyl (C=O) groups is 1. The second kappa shape index (κ2) is 4.34. The number of allylic oxidation sites excluding steroid dienone is 1. The van der Waals surface area contributed by atoms with E-state index in [0.717, 1.165) is 24.8 Å². The number of hydrogen-bond donors (Lipinski definition) is 1. The Morgan fingerprint density at radius 3 is 3.27 bits per heavy atom. The lowest BCUT2D eigenvalue weighted by molar-refractivity contribution is -0.137. The number of esters is 1. The highest BCUT2D eigenvalue weighted by Crippen LogP contribution is 2.29. The van der Waals surface area contributed by atoms with Crippen LogP contribution in [-0.4, -0.2) is 17.6 Å². The van der Waals surface area contributed by atoms with Gasteiger partial charge in [-0.3, -0.25) is 0 Å². The number of carbonyl (C=O) groups excluding carboxylic acids is 1. The number of H-pyrrole nitrogens is 1. The van der Waals surface area contributed by atoms with E-state index in [1.807, 2.05) is 19.2 Å². The topological polar surface area (TPSA) is 42.1 Å². The smallest absolute Gasteiger partial charge is 0.331 e. The van der Waals surface area contributed by atoms with Gasteiger partial charge in [0.05, 0.1) is 6.61 Å². The van der Waals surface area contributed by atoms with E-state index in [4.69, 9.17) is 4.74 Å². The molecule has 1 aromatic rings. The molecule has 0 aliphatic heterocycles. The molecule has 0 unspecified atom stereocenters. The number of aromatic amines is 1. The molecule has 2 rings (SSSR count). The van der Waals surface area contributed by atoms with Crippen LogP contribution < -0.4 is 0 Å². The summed E-state index contributed by atoms with van der Waals surface area (Å²) in [6.07, 6.45) is 6.68. The first-order valence-corrected chi connectivity index (χ1v) is 5.35. The van der Waals surface area contributed by atoms with Crippen molar-refractivity contribution in [2.75, 3.05) is 6.61 Å². The van der Waals surface area contributed by atoms with Crippen LogP contribution in [0, 0.1) is 0 Å². The standard InChI is InChI=1S/C12H15NO2/c1-2-15-12(14)8-9-4-3-5-11-10(9)6-7-13-11/h6-8,13H,2-5H2,1H3/b9-8-. The van der Waals surface area contributed by atoms with Crippen molar-refractivity contribution in [3.05, 3.63) is 29.6 Å². The summed E-state index contributed by atoms with van der Waals surface area (Å²) in [5.74, 6) is -0.235. The second-order valence-electron chi connectivity index (χ2n) is 3.65. The van der Waals surface area contributed by atoms with Gasteiger partial charge < -0.3 is 9.72 Å². The van der Waals surface area contributed by atoms with Gasteiger partial charge >= 0.3 is 5.97 Å². The Balaban J connectivity index is 2.22. The van der Waals surface area contributed by atoms with Crippen molar-refractivity contribution >= 4 is 11.5 Å². The van der Waals surface area contributed by atoms with Crippen LogP contribution >= 0.6 is 0 Å². The van der Waals surface area contributed by atoms with E-state index >= 15 is 0 Å². The minimum absolute atomic E-state index is 0.235. The van der Waals surface area contributed by atoms with E-state index in [1.54, 1.807) is 6.08 Å². The third kappa shape index (κ3) is 2.12. The molecular formula is C12H15NO2. The van der Waals surface area contributed by atoms with Gasteiger partial charge in [0, 0.05) is 18.0 Å². The van der Waals surface area contributed by atoms with Crippen molar-refractivity contribution < 1.29 is 9.53 Å². The van der Waals surface area contributed by atoms with Crippen LogP contribution in [0.15, 0.2) is 18.3 Å². The van der Waals surface area contributed by atoms with Gasteiger partial charge in [-0.15, -0.1) is 0 Å². The van der Waals surface area contributed by atoms with Crippen LogP contribution in [0.3, 0.4) is 0 Å². The predicted molar refractivity (Wildman–Crippen MR) is 58.3 cm³/mol. The highest BCUT2D eigenvalue weighted by Gasteiger charge is 2.15. The summed E-state index contributed by atoms with van der Waals surface area (Å²) < 4.78 is 4.91. The lowest BCUT2D eigenvalue weighted by Crippen LogP contribution is -2.05. The number of aryl methyl sites for hydroxylation is 1. The summed E-state index contributed by atoms with van der Waals surface area (Å²) >= 11 is 0. The average molecular weight is 205 g/mol. The molecule has 0 bridgehead atoms. The van der Waals surface area contributed by atoms with E-state index in [2.05, 4.69) is 4.98 Å². The van der Waals surface area contributed by atoms with Gasteiger partial charge in [-0.25, -0.2) is 4.79 Å².